The topological polar surface area (TPSA) is 18.5 Å². The second-order valence-corrected chi connectivity index (χ2v) is 7.06. The van der Waals surface area contributed by atoms with Crippen molar-refractivity contribution in [1.82, 2.24) is 0 Å². The normalized spacial score (nSPS) is 27.0. The smallest absolute Gasteiger partial charge is 0.400 e. The number of halogens is 1. The Balaban J connectivity index is 1.69. The molecule has 1 atom stereocenters. The van der Waals surface area contributed by atoms with Gasteiger partial charge in [-0.05, 0) is 69.6 Å². The van der Waals surface area contributed by atoms with E-state index >= 15 is 0 Å². The van der Waals surface area contributed by atoms with Crippen LogP contribution in [0, 0.1) is 5.82 Å². The number of hydrogen-bond acceptors (Lipinski definition) is 2. The molecule has 1 heterocycles. The van der Waals surface area contributed by atoms with E-state index in [1.54, 1.807) is 0 Å². The van der Waals surface area contributed by atoms with Crippen molar-refractivity contribution in [3.8, 4) is 0 Å². The molecule has 0 radical (unpaired) electrons. The Bertz CT molecular complexity index is 547. The Labute approximate surface area is 126 Å². The van der Waals surface area contributed by atoms with Crippen LogP contribution in [0.2, 0.25) is 0 Å². The quantitative estimate of drug-likeness (QED) is 0.757. The minimum atomic E-state index is -0.299. The summed E-state index contributed by atoms with van der Waals surface area (Å²) >= 11 is 0. The molecule has 0 spiro atoms. The number of rotatable bonds is 2. The molecule has 0 N–H and O–H groups in total. The number of benzene rings is 1. The van der Waals surface area contributed by atoms with Crippen molar-refractivity contribution < 1.29 is 13.7 Å². The summed E-state index contributed by atoms with van der Waals surface area (Å²) in [5.74, 6) is 0.218. The van der Waals surface area contributed by atoms with Crippen LogP contribution in [-0.2, 0) is 9.31 Å². The third-order valence-electron chi connectivity index (χ3n) is 5.04. The Morgan fingerprint density at radius 2 is 1.62 bits per heavy atom. The lowest BCUT2D eigenvalue weighted by Crippen LogP contribution is -2.41. The van der Waals surface area contributed by atoms with Gasteiger partial charge in [0, 0.05) is 0 Å². The van der Waals surface area contributed by atoms with Crippen LogP contribution >= 0.6 is 0 Å². The highest BCUT2D eigenvalue weighted by molar-refractivity contribution is 6.54. The fourth-order valence-corrected chi connectivity index (χ4v) is 2.92. The van der Waals surface area contributed by atoms with E-state index in [1.165, 1.54) is 23.2 Å². The molecule has 1 aromatic carbocycles. The Morgan fingerprint density at radius 3 is 2.19 bits per heavy atom. The van der Waals surface area contributed by atoms with E-state index in [-0.39, 0.29) is 24.1 Å². The lowest BCUT2D eigenvalue weighted by atomic mass is 9.76. The molecule has 21 heavy (non-hydrogen) atoms. The molecule has 1 fully saturated rings. The molecule has 0 amide bonds. The van der Waals surface area contributed by atoms with Crippen LogP contribution in [0.3, 0.4) is 0 Å². The summed E-state index contributed by atoms with van der Waals surface area (Å²) in [7, 11) is -0.250. The Hall–Kier alpha value is -1.13. The van der Waals surface area contributed by atoms with Crippen LogP contribution in [0.4, 0.5) is 4.39 Å². The molecular weight excluding hydrogens is 266 g/mol. The average Bonchev–Trinajstić information content (AvgIpc) is 2.94. The van der Waals surface area contributed by atoms with Crippen molar-refractivity contribution in [2.75, 3.05) is 0 Å². The Kier molecular flexibility index (Phi) is 3.49. The Morgan fingerprint density at radius 1 is 1.05 bits per heavy atom. The molecule has 2 aliphatic rings. The molecule has 0 saturated carbocycles. The summed E-state index contributed by atoms with van der Waals surface area (Å²) in [6, 6.07) is 6.81. The average molecular weight is 288 g/mol. The summed E-state index contributed by atoms with van der Waals surface area (Å²) < 4.78 is 25.2. The molecular formula is C17H22BFO2. The highest BCUT2D eigenvalue weighted by Crippen LogP contribution is 2.43. The molecule has 1 aliphatic carbocycles. The summed E-state index contributed by atoms with van der Waals surface area (Å²) in [6.45, 7) is 8.28. The minimum absolute atomic E-state index is 0.184. The maximum atomic E-state index is 13.0. The van der Waals surface area contributed by atoms with Gasteiger partial charge in [0.15, 0.2) is 0 Å². The van der Waals surface area contributed by atoms with Crippen LogP contribution in [0.15, 0.2) is 35.8 Å². The summed E-state index contributed by atoms with van der Waals surface area (Å²) in [5.41, 5.74) is 1.79. The first-order chi connectivity index (χ1) is 9.78. The molecule has 1 unspecified atom stereocenters. The molecule has 0 bridgehead atoms. The summed E-state index contributed by atoms with van der Waals surface area (Å²) in [4.78, 5) is 0. The minimum Gasteiger partial charge on any atom is -0.400 e. The number of allylic oxidation sites excluding steroid dienone is 2. The van der Waals surface area contributed by atoms with Crippen molar-refractivity contribution in [2.45, 2.75) is 57.7 Å². The lowest BCUT2D eigenvalue weighted by molar-refractivity contribution is 0.00578. The summed E-state index contributed by atoms with van der Waals surface area (Å²) in [5, 5.41) is 0. The van der Waals surface area contributed by atoms with Gasteiger partial charge in [0.1, 0.15) is 5.82 Å². The highest BCUT2D eigenvalue weighted by atomic mass is 19.1. The van der Waals surface area contributed by atoms with Gasteiger partial charge < -0.3 is 9.31 Å². The van der Waals surface area contributed by atoms with Crippen molar-refractivity contribution >= 4 is 7.12 Å². The third-order valence-corrected chi connectivity index (χ3v) is 5.04. The molecule has 1 aromatic rings. The zero-order chi connectivity index (χ0) is 15.3. The molecule has 2 nitrogen and oxygen atoms in total. The summed E-state index contributed by atoms with van der Waals surface area (Å²) in [6.07, 6.45) is 4.10. The first-order valence-corrected chi connectivity index (χ1v) is 7.58. The van der Waals surface area contributed by atoms with E-state index < -0.39 is 0 Å². The van der Waals surface area contributed by atoms with E-state index in [0.717, 1.165) is 12.8 Å². The van der Waals surface area contributed by atoms with Gasteiger partial charge in [0.05, 0.1) is 11.2 Å². The van der Waals surface area contributed by atoms with Crippen molar-refractivity contribution in [1.29, 1.82) is 0 Å². The predicted molar refractivity (Wildman–Crippen MR) is 82.5 cm³/mol. The molecule has 1 saturated heterocycles. The predicted octanol–water partition coefficient (Wildman–Crippen LogP) is 4.26. The van der Waals surface area contributed by atoms with Gasteiger partial charge >= 0.3 is 7.12 Å². The first-order valence-electron chi connectivity index (χ1n) is 7.58. The maximum Gasteiger partial charge on any atom is 0.490 e. The van der Waals surface area contributed by atoms with Gasteiger partial charge in [-0.2, -0.15) is 0 Å². The van der Waals surface area contributed by atoms with E-state index in [1.807, 2.05) is 12.1 Å². The van der Waals surface area contributed by atoms with Crippen LogP contribution in [0.1, 0.15) is 52.0 Å². The van der Waals surface area contributed by atoms with E-state index in [9.17, 15) is 4.39 Å². The van der Waals surface area contributed by atoms with Crippen molar-refractivity contribution in [2.24, 2.45) is 0 Å². The molecule has 1 aliphatic heterocycles. The second-order valence-electron chi connectivity index (χ2n) is 7.06. The molecule has 112 valence electrons. The first kappa shape index (κ1) is 14.8. The van der Waals surface area contributed by atoms with E-state index in [4.69, 9.17) is 9.31 Å². The van der Waals surface area contributed by atoms with Crippen LogP contribution in [0.25, 0.3) is 0 Å². The van der Waals surface area contributed by atoms with Gasteiger partial charge in [-0.3, -0.25) is 0 Å². The highest BCUT2D eigenvalue weighted by Gasteiger charge is 2.52. The standard InChI is InChI=1S/C17H22BFO2/c1-16(2)17(3,4)21-18(20-16)14-8-5-13(11-14)12-6-9-15(19)10-7-12/h6-10,13H,5,11H2,1-4H3. The lowest BCUT2D eigenvalue weighted by Gasteiger charge is -2.32. The second kappa shape index (κ2) is 4.96. The molecule has 4 heteroatoms. The third kappa shape index (κ3) is 2.67. The van der Waals surface area contributed by atoms with Gasteiger partial charge in [-0.15, -0.1) is 0 Å². The van der Waals surface area contributed by atoms with E-state index in [0.29, 0.717) is 5.92 Å². The van der Waals surface area contributed by atoms with E-state index in [2.05, 4.69) is 33.8 Å². The van der Waals surface area contributed by atoms with Crippen LogP contribution in [0.5, 0.6) is 0 Å². The molecule has 3 rings (SSSR count). The van der Waals surface area contributed by atoms with Crippen molar-refractivity contribution in [3.63, 3.8) is 0 Å². The zero-order valence-electron chi connectivity index (χ0n) is 13.2. The SMILES string of the molecule is CC1(C)OB(C2=CCC(c3ccc(F)cc3)C2)OC1(C)C. The maximum absolute atomic E-state index is 13.0. The largest absolute Gasteiger partial charge is 0.490 e. The monoisotopic (exact) mass is 288 g/mol. The fourth-order valence-electron chi connectivity index (χ4n) is 2.92. The van der Waals surface area contributed by atoms with Gasteiger partial charge in [-0.1, -0.05) is 18.2 Å². The van der Waals surface area contributed by atoms with Gasteiger partial charge in [0.25, 0.3) is 0 Å². The van der Waals surface area contributed by atoms with Gasteiger partial charge in [-0.25, -0.2) is 4.39 Å². The zero-order valence-corrected chi connectivity index (χ0v) is 13.2. The van der Waals surface area contributed by atoms with Crippen LogP contribution < -0.4 is 0 Å². The van der Waals surface area contributed by atoms with Gasteiger partial charge in [0.2, 0.25) is 0 Å². The fraction of sp³-hybridized carbons (Fsp3) is 0.529. The molecule has 0 aromatic heterocycles. The van der Waals surface area contributed by atoms with Crippen LogP contribution in [-0.4, -0.2) is 18.3 Å². The number of hydrogen-bond donors (Lipinski definition) is 0. The van der Waals surface area contributed by atoms with Crippen molar-refractivity contribution in [3.05, 3.63) is 47.2 Å².